The molecule has 2 aromatic rings. The first kappa shape index (κ1) is 14.9. The highest BCUT2D eigenvalue weighted by Gasteiger charge is 2.32. The maximum Gasteiger partial charge on any atom is 0.273 e. The lowest BCUT2D eigenvalue weighted by molar-refractivity contribution is 0.594. The first-order valence-corrected chi connectivity index (χ1v) is 9.53. The summed E-state index contributed by atoms with van der Waals surface area (Å²) in [6.45, 7) is 4.29. The molecule has 0 unspecified atom stereocenters. The fourth-order valence-corrected chi connectivity index (χ4v) is 6.30. The highest BCUT2D eigenvalue weighted by Crippen LogP contribution is 2.39. The third kappa shape index (κ3) is 2.37. The van der Waals surface area contributed by atoms with Gasteiger partial charge in [0.1, 0.15) is 4.21 Å². The number of thiophene rings is 1. The van der Waals surface area contributed by atoms with Crippen LogP contribution in [-0.4, -0.2) is 15.0 Å². The predicted octanol–water partition coefficient (Wildman–Crippen LogP) is 3.46. The number of benzene rings is 1. The van der Waals surface area contributed by atoms with Gasteiger partial charge in [0, 0.05) is 12.2 Å². The van der Waals surface area contributed by atoms with E-state index in [1.54, 1.807) is 12.1 Å². The van der Waals surface area contributed by atoms with Crippen molar-refractivity contribution in [1.29, 1.82) is 0 Å². The van der Waals surface area contributed by atoms with E-state index in [0.717, 1.165) is 26.9 Å². The van der Waals surface area contributed by atoms with E-state index >= 15 is 0 Å². The van der Waals surface area contributed by atoms with Crippen LogP contribution in [0.4, 0.5) is 11.4 Å². The Bertz CT molecular complexity index is 808. The second kappa shape index (κ2) is 5.00. The molecule has 112 valence electrons. The number of nitrogens with zero attached hydrogens (tertiary/aromatic N) is 1. The van der Waals surface area contributed by atoms with Gasteiger partial charge in [-0.1, -0.05) is 6.07 Å². The van der Waals surface area contributed by atoms with Crippen LogP contribution in [0, 0.1) is 13.8 Å². The molecular formula is C14H15BrN2O2S2. The highest BCUT2D eigenvalue weighted by molar-refractivity contribution is 9.11. The van der Waals surface area contributed by atoms with Gasteiger partial charge in [-0.05, 0) is 65.0 Å². The van der Waals surface area contributed by atoms with Gasteiger partial charge in [-0.2, -0.15) is 0 Å². The van der Waals surface area contributed by atoms with Crippen LogP contribution in [-0.2, 0) is 16.4 Å². The van der Waals surface area contributed by atoms with Gasteiger partial charge >= 0.3 is 0 Å². The molecule has 21 heavy (non-hydrogen) atoms. The first-order chi connectivity index (χ1) is 9.80. The minimum atomic E-state index is -3.52. The highest BCUT2D eigenvalue weighted by atomic mass is 79.9. The average molecular weight is 387 g/mol. The van der Waals surface area contributed by atoms with Gasteiger partial charge in [0.2, 0.25) is 0 Å². The Labute approximate surface area is 136 Å². The molecule has 3 rings (SSSR count). The molecule has 2 heterocycles. The molecule has 0 atom stereocenters. The van der Waals surface area contributed by atoms with Crippen molar-refractivity contribution in [2.75, 3.05) is 16.6 Å². The summed E-state index contributed by atoms with van der Waals surface area (Å²) >= 11 is 4.63. The number of sulfonamides is 1. The number of aryl methyl sites for hydroxylation is 2. The van der Waals surface area contributed by atoms with E-state index < -0.39 is 10.0 Å². The lowest BCUT2D eigenvalue weighted by Crippen LogP contribution is -2.28. The summed E-state index contributed by atoms with van der Waals surface area (Å²) in [6, 6.07) is 5.46. The van der Waals surface area contributed by atoms with E-state index in [0.29, 0.717) is 22.1 Å². The zero-order valence-electron chi connectivity index (χ0n) is 11.7. The summed E-state index contributed by atoms with van der Waals surface area (Å²) in [4.78, 5) is 0. The van der Waals surface area contributed by atoms with Crippen molar-refractivity contribution in [2.45, 2.75) is 24.5 Å². The van der Waals surface area contributed by atoms with Crippen molar-refractivity contribution in [1.82, 2.24) is 0 Å². The van der Waals surface area contributed by atoms with Crippen molar-refractivity contribution in [3.8, 4) is 0 Å². The number of nitrogen functional groups attached to an aromatic ring is 1. The fourth-order valence-electron chi connectivity index (χ4n) is 2.46. The summed E-state index contributed by atoms with van der Waals surface area (Å²) in [5.74, 6) is 0. The van der Waals surface area contributed by atoms with Crippen LogP contribution < -0.4 is 10.0 Å². The van der Waals surface area contributed by atoms with E-state index in [9.17, 15) is 8.42 Å². The van der Waals surface area contributed by atoms with Crippen LogP contribution in [0.1, 0.15) is 16.7 Å². The molecule has 1 aromatic heterocycles. The SMILES string of the molecule is Cc1cc2c(cc1N)N(S(=O)(=O)c1cc(C)c(Br)s1)CC2. The Hall–Kier alpha value is -1.05. The van der Waals surface area contributed by atoms with Crippen molar-refractivity contribution >= 4 is 48.7 Å². The van der Waals surface area contributed by atoms with Gasteiger partial charge < -0.3 is 5.73 Å². The van der Waals surface area contributed by atoms with Gasteiger partial charge in [-0.3, -0.25) is 4.31 Å². The molecule has 0 fully saturated rings. The Balaban J connectivity index is 2.09. The number of nitrogens with two attached hydrogens (primary N) is 1. The van der Waals surface area contributed by atoms with Crippen LogP contribution in [0.3, 0.4) is 0 Å². The van der Waals surface area contributed by atoms with Crippen LogP contribution in [0.5, 0.6) is 0 Å². The zero-order valence-corrected chi connectivity index (χ0v) is 14.9. The largest absolute Gasteiger partial charge is 0.398 e. The number of rotatable bonds is 2. The van der Waals surface area contributed by atoms with Gasteiger partial charge in [0.25, 0.3) is 10.0 Å². The number of halogens is 1. The lowest BCUT2D eigenvalue weighted by atomic mass is 10.1. The van der Waals surface area contributed by atoms with Crippen molar-refractivity contribution in [3.63, 3.8) is 0 Å². The molecule has 2 N–H and O–H groups in total. The monoisotopic (exact) mass is 386 g/mol. The van der Waals surface area contributed by atoms with E-state index in [1.807, 2.05) is 19.9 Å². The summed E-state index contributed by atoms with van der Waals surface area (Å²) in [7, 11) is -3.52. The molecule has 7 heteroatoms. The maximum atomic E-state index is 12.8. The quantitative estimate of drug-likeness (QED) is 0.803. The second-order valence-electron chi connectivity index (χ2n) is 5.19. The summed E-state index contributed by atoms with van der Waals surface area (Å²) < 4.78 is 28.3. The fraction of sp³-hybridized carbons (Fsp3) is 0.286. The van der Waals surface area contributed by atoms with E-state index in [-0.39, 0.29) is 0 Å². The Morgan fingerprint density at radius 2 is 1.95 bits per heavy atom. The van der Waals surface area contributed by atoms with Crippen molar-refractivity contribution in [3.05, 3.63) is 38.7 Å². The van der Waals surface area contributed by atoms with E-state index in [1.165, 1.54) is 15.6 Å². The van der Waals surface area contributed by atoms with Crippen LogP contribution in [0.15, 0.2) is 26.2 Å². The molecule has 0 saturated heterocycles. The topological polar surface area (TPSA) is 63.4 Å². The maximum absolute atomic E-state index is 12.8. The summed E-state index contributed by atoms with van der Waals surface area (Å²) in [6.07, 6.45) is 0.723. The standard InChI is InChI=1S/C14H15BrN2O2S2/c1-8-5-10-3-4-17(12(10)7-11(8)16)21(18,19)13-6-9(2)14(15)20-13/h5-7H,3-4,16H2,1-2H3. The third-order valence-electron chi connectivity index (χ3n) is 3.70. The second-order valence-corrected chi connectivity index (χ2v) is 9.65. The van der Waals surface area contributed by atoms with Gasteiger partial charge in [-0.25, -0.2) is 8.42 Å². The molecule has 1 aliphatic heterocycles. The predicted molar refractivity (Wildman–Crippen MR) is 90.6 cm³/mol. The molecule has 0 bridgehead atoms. The molecule has 1 aliphatic rings. The van der Waals surface area contributed by atoms with Crippen molar-refractivity contribution < 1.29 is 8.42 Å². The molecule has 0 aliphatic carbocycles. The molecular weight excluding hydrogens is 372 g/mol. The lowest BCUT2D eigenvalue weighted by Gasteiger charge is -2.19. The number of hydrogen-bond donors (Lipinski definition) is 1. The Morgan fingerprint density at radius 3 is 2.57 bits per heavy atom. The summed E-state index contributed by atoms with van der Waals surface area (Å²) in [5, 5.41) is 0. The van der Waals surface area contributed by atoms with Crippen molar-refractivity contribution in [2.24, 2.45) is 0 Å². The number of anilines is 2. The molecule has 1 aromatic carbocycles. The normalized spacial score (nSPS) is 14.5. The number of fused-ring (bicyclic) bond motifs is 1. The first-order valence-electron chi connectivity index (χ1n) is 6.48. The molecule has 0 radical (unpaired) electrons. The van der Waals surface area contributed by atoms with E-state index in [4.69, 9.17) is 5.73 Å². The Kier molecular flexibility index (Phi) is 3.54. The summed E-state index contributed by atoms with van der Waals surface area (Å²) in [5.41, 5.74) is 10.2. The molecule has 0 amide bonds. The van der Waals surface area contributed by atoms with Gasteiger partial charge in [0.15, 0.2) is 0 Å². The smallest absolute Gasteiger partial charge is 0.273 e. The zero-order chi connectivity index (χ0) is 15.4. The molecule has 0 saturated carbocycles. The third-order valence-corrected chi connectivity index (χ3v) is 8.10. The van der Waals surface area contributed by atoms with Gasteiger partial charge in [-0.15, -0.1) is 11.3 Å². The van der Waals surface area contributed by atoms with Gasteiger partial charge in [0.05, 0.1) is 9.47 Å². The van der Waals surface area contributed by atoms with E-state index in [2.05, 4.69) is 15.9 Å². The minimum absolute atomic E-state index is 0.360. The van der Waals surface area contributed by atoms with Crippen LogP contribution in [0.2, 0.25) is 0 Å². The number of hydrogen-bond acceptors (Lipinski definition) is 4. The average Bonchev–Trinajstić information content (AvgIpc) is 2.95. The molecule has 4 nitrogen and oxygen atoms in total. The Morgan fingerprint density at radius 1 is 1.24 bits per heavy atom. The minimum Gasteiger partial charge on any atom is -0.398 e. The molecule has 0 spiro atoms. The van der Waals surface area contributed by atoms with Crippen LogP contribution in [0.25, 0.3) is 0 Å². The van der Waals surface area contributed by atoms with Crippen LogP contribution >= 0.6 is 27.3 Å².